The van der Waals surface area contributed by atoms with Gasteiger partial charge in [0.05, 0.1) is 6.54 Å². The summed E-state index contributed by atoms with van der Waals surface area (Å²) >= 11 is 0. The average Bonchev–Trinajstić information content (AvgIpc) is 3.04. The minimum Gasteiger partial charge on any atom is -0.455 e. The van der Waals surface area contributed by atoms with Gasteiger partial charge < -0.3 is 19.5 Å². The third-order valence-corrected chi connectivity index (χ3v) is 4.57. The largest absolute Gasteiger partial charge is 0.455 e. The summed E-state index contributed by atoms with van der Waals surface area (Å²) in [5.41, 5.74) is 0. The minimum absolute atomic E-state index is 0.0172. The lowest BCUT2D eigenvalue weighted by Gasteiger charge is -2.33. The second-order valence-corrected chi connectivity index (χ2v) is 6.02. The molecule has 2 fully saturated rings. The number of hydrogen-bond donors (Lipinski definition) is 1. The molecule has 122 valence electrons. The molecule has 1 aromatic rings. The lowest BCUT2D eigenvalue weighted by molar-refractivity contribution is 0.0697. The maximum atomic E-state index is 12.4. The topological polar surface area (TPSA) is 52.0 Å². The maximum Gasteiger partial charge on any atom is 0.289 e. The molecular weight excluding hydrogens is 280 g/mol. The Balaban J connectivity index is 1.53. The fourth-order valence-corrected chi connectivity index (χ4v) is 3.09. The molecule has 0 aliphatic carbocycles. The molecule has 0 saturated carbocycles. The molecule has 0 aromatic carbocycles. The third-order valence-electron chi connectivity index (χ3n) is 4.57. The van der Waals surface area contributed by atoms with Crippen molar-refractivity contribution in [3.8, 4) is 0 Å². The van der Waals surface area contributed by atoms with E-state index in [9.17, 15) is 4.79 Å². The molecular formula is C16H26N4O2. The minimum atomic E-state index is 0.0172. The fraction of sp³-hybridized carbons (Fsp3) is 0.688. The van der Waals surface area contributed by atoms with Crippen LogP contribution >= 0.6 is 0 Å². The van der Waals surface area contributed by atoms with E-state index in [1.165, 1.54) is 0 Å². The van der Waals surface area contributed by atoms with Crippen LogP contribution in [0.15, 0.2) is 16.5 Å². The summed E-state index contributed by atoms with van der Waals surface area (Å²) in [6.07, 6.45) is 0. The summed E-state index contributed by atoms with van der Waals surface area (Å²) in [7, 11) is 0. The third kappa shape index (κ3) is 3.69. The Morgan fingerprint density at radius 3 is 2.45 bits per heavy atom. The van der Waals surface area contributed by atoms with Crippen molar-refractivity contribution in [3.63, 3.8) is 0 Å². The Hall–Kier alpha value is -1.37. The number of carbonyl (C=O) groups is 1. The van der Waals surface area contributed by atoms with Crippen LogP contribution in [-0.4, -0.2) is 79.5 Å². The van der Waals surface area contributed by atoms with Gasteiger partial charge in [0.25, 0.3) is 5.91 Å². The van der Waals surface area contributed by atoms with Gasteiger partial charge in [-0.25, -0.2) is 0 Å². The van der Waals surface area contributed by atoms with Crippen molar-refractivity contribution in [2.24, 2.45) is 0 Å². The number of furan rings is 1. The summed E-state index contributed by atoms with van der Waals surface area (Å²) in [5, 5.41) is 3.25. The second-order valence-electron chi connectivity index (χ2n) is 6.02. The lowest BCUT2D eigenvalue weighted by atomic mass is 10.3. The van der Waals surface area contributed by atoms with Gasteiger partial charge in [0.2, 0.25) is 0 Å². The van der Waals surface area contributed by atoms with Gasteiger partial charge in [0, 0.05) is 52.4 Å². The highest BCUT2D eigenvalue weighted by atomic mass is 16.4. The van der Waals surface area contributed by atoms with Crippen molar-refractivity contribution in [2.45, 2.75) is 13.5 Å². The summed E-state index contributed by atoms with van der Waals surface area (Å²) in [6, 6.07) is 3.77. The Morgan fingerprint density at radius 1 is 1.09 bits per heavy atom. The summed E-state index contributed by atoms with van der Waals surface area (Å²) in [4.78, 5) is 19.1. The number of nitrogens with one attached hydrogen (secondary N) is 1. The summed E-state index contributed by atoms with van der Waals surface area (Å²) in [6.45, 7) is 11.7. The number of likely N-dealkylation sites (N-methyl/N-ethyl adjacent to an activating group) is 1. The number of nitrogens with zero attached hydrogens (tertiary/aromatic N) is 3. The van der Waals surface area contributed by atoms with Crippen molar-refractivity contribution < 1.29 is 9.21 Å². The van der Waals surface area contributed by atoms with Crippen LogP contribution in [0.3, 0.4) is 0 Å². The van der Waals surface area contributed by atoms with Gasteiger partial charge >= 0.3 is 0 Å². The highest BCUT2D eigenvalue weighted by Gasteiger charge is 2.22. The zero-order chi connectivity index (χ0) is 15.4. The Morgan fingerprint density at radius 2 is 1.77 bits per heavy atom. The Kier molecular flexibility index (Phi) is 5.12. The molecule has 22 heavy (non-hydrogen) atoms. The molecule has 0 unspecified atom stereocenters. The number of amides is 1. The normalized spacial score (nSPS) is 21.2. The molecule has 1 aromatic heterocycles. The van der Waals surface area contributed by atoms with E-state index in [0.717, 1.165) is 71.2 Å². The van der Waals surface area contributed by atoms with Crippen LogP contribution in [0.25, 0.3) is 0 Å². The highest BCUT2D eigenvalue weighted by Crippen LogP contribution is 2.14. The SMILES string of the molecule is CCN1CCN(Cc2ccc(C(=O)N3CCNCC3)o2)CC1. The smallest absolute Gasteiger partial charge is 0.289 e. The first-order valence-corrected chi connectivity index (χ1v) is 8.29. The van der Waals surface area contributed by atoms with Crippen LogP contribution in [0.5, 0.6) is 0 Å². The van der Waals surface area contributed by atoms with E-state index in [1.54, 1.807) is 0 Å². The standard InChI is InChI=1S/C16H26N4O2/c1-2-18-9-11-19(12-10-18)13-14-3-4-15(22-14)16(21)20-7-5-17-6-8-20/h3-4,17H,2,5-13H2,1H3. The van der Waals surface area contributed by atoms with Gasteiger partial charge in [-0.3, -0.25) is 9.69 Å². The van der Waals surface area contributed by atoms with E-state index in [0.29, 0.717) is 5.76 Å². The molecule has 6 heteroatoms. The van der Waals surface area contributed by atoms with Gasteiger partial charge in [-0.1, -0.05) is 6.92 Å². The number of rotatable bonds is 4. The first-order chi connectivity index (χ1) is 10.8. The molecule has 3 heterocycles. The summed E-state index contributed by atoms with van der Waals surface area (Å²) < 4.78 is 5.79. The zero-order valence-corrected chi connectivity index (χ0v) is 13.4. The summed E-state index contributed by atoms with van der Waals surface area (Å²) in [5.74, 6) is 1.39. The van der Waals surface area contributed by atoms with Crippen molar-refractivity contribution >= 4 is 5.91 Å². The molecule has 0 atom stereocenters. The predicted octanol–water partition coefficient (Wildman–Crippen LogP) is 0.463. The van der Waals surface area contributed by atoms with Crippen molar-refractivity contribution in [1.82, 2.24) is 20.0 Å². The van der Waals surface area contributed by atoms with Gasteiger partial charge in [-0.2, -0.15) is 0 Å². The van der Waals surface area contributed by atoms with Crippen LogP contribution in [-0.2, 0) is 6.54 Å². The van der Waals surface area contributed by atoms with E-state index in [4.69, 9.17) is 4.42 Å². The molecule has 1 N–H and O–H groups in total. The van der Waals surface area contributed by atoms with Crippen LogP contribution in [0.4, 0.5) is 0 Å². The zero-order valence-electron chi connectivity index (χ0n) is 13.4. The van der Waals surface area contributed by atoms with Crippen LogP contribution in [0.2, 0.25) is 0 Å². The number of carbonyl (C=O) groups excluding carboxylic acids is 1. The van der Waals surface area contributed by atoms with Crippen molar-refractivity contribution in [2.75, 3.05) is 58.9 Å². The van der Waals surface area contributed by atoms with E-state index >= 15 is 0 Å². The first-order valence-electron chi connectivity index (χ1n) is 8.29. The molecule has 0 spiro atoms. The van der Waals surface area contributed by atoms with Crippen LogP contribution in [0.1, 0.15) is 23.2 Å². The number of piperazine rings is 2. The molecule has 2 aliphatic heterocycles. The van der Waals surface area contributed by atoms with Crippen molar-refractivity contribution in [3.05, 3.63) is 23.7 Å². The van der Waals surface area contributed by atoms with Gasteiger partial charge in [0.1, 0.15) is 5.76 Å². The number of hydrogen-bond acceptors (Lipinski definition) is 5. The highest BCUT2D eigenvalue weighted by molar-refractivity contribution is 5.91. The van der Waals surface area contributed by atoms with E-state index in [2.05, 4.69) is 22.0 Å². The Bertz CT molecular complexity index is 488. The first kappa shape index (κ1) is 15.5. The van der Waals surface area contributed by atoms with Crippen molar-refractivity contribution in [1.29, 1.82) is 0 Å². The maximum absolute atomic E-state index is 12.4. The Labute approximate surface area is 132 Å². The fourth-order valence-electron chi connectivity index (χ4n) is 3.09. The lowest BCUT2D eigenvalue weighted by Crippen LogP contribution is -2.46. The molecule has 2 saturated heterocycles. The van der Waals surface area contributed by atoms with Gasteiger partial charge in [0.15, 0.2) is 5.76 Å². The molecule has 2 aliphatic rings. The molecule has 3 rings (SSSR count). The predicted molar refractivity (Wildman–Crippen MR) is 84.9 cm³/mol. The van der Waals surface area contributed by atoms with Crippen LogP contribution < -0.4 is 5.32 Å². The molecule has 0 radical (unpaired) electrons. The quantitative estimate of drug-likeness (QED) is 0.876. The van der Waals surface area contributed by atoms with Gasteiger partial charge in [-0.15, -0.1) is 0 Å². The molecule has 6 nitrogen and oxygen atoms in total. The molecule has 1 amide bonds. The molecule has 0 bridgehead atoms. The monoisotopic (exact) mass is 306 g/mol. The van der Waals surface area contributed by atoms with E-state index in [1.807, 2.05) is 17.0 Å². The second kappa shape index (κ2) is 7.26. The van der Waals surface area contributed by atoms with Gasteiger partial charge in [-0.05, 0) is 18.7 Å². The van der Waals surface area contributed by atoms with Crippen LogP contribution in [0, 0.1) is 0 Å². The average molecular weight is 306 g/mol. The van der Waals surface area contributed by atoms with E-state index in [-0.39, 0.29) is 5.91 Å². The van der Waals surface area contributed by atoms with E-state index < -0.39 is 0 Å².